The molecule has 0 amide bonds. The highest BCUT2D eigenvalue weighted by molar-refractivity contribution is 5.04. The lowest BCUT2D eigenvalue weighted by Crippen LogP contribution is -2.69. The Morgan fingerprint density at radius 2 is 1.03 bits per heavy atom. The van der Waals surface area contributed by atoms with Gasteiger partial charge in [-0.15, -0.1) is 0 Å². The molecule has 182 valence electrons. The predicted octanol–water partition coefficient (Wildman–Crippen LogP) is 7.52. The number of rotatable bonds is 14. The van der Waals surface area contributed by atoms with E-state index in [-0.39, 0.29) is 6.42 Å². The first-order valence-electron chi connectivity index (χ1n) is 9.73. The zero-order valence-electron chi connectivity index (χ0n) is 17.0. The number of hydrogen-bond donors (Lipinski definition) is 0. The lowest BCUT2D eigenvalue weighted by molar-refractivity contribution is -0.455. The van der Waals surface area contributed by atoms with E-state index in [0.717, 1.165) is 26.7 Å². The highest BCUT2D eigenvalue weighted by Crippen LogP contribution is 2.57. The Labute approximate surface area is 169 Å². The molecule has 0 saturated heterocycles. The van der Waals surface area contributed by atoms with E-state index >= 15 is 0 Å². The van der Waals surface area contributed by atoms with Gasteiger partial charge in [-0.25, -0.2) is 0 Å². The van der Waals surface area contributed by atoms with Gasteiger partial charge in [0.05, 0.1) is 5.92 Å². The standard InChI is InChI=1S/C18H28F10O2/c1-4-7-8-9-10-11-12-13(14(19,20)17(23,24)25)15(29-5-2,30-6-3)16(21,22)18(26,27)28/h13H,4-12H2,1-3H3. The van der Waals surface area contributed by atoms with Gasteiger partial charge in [0.2, 0.25) is 0 Å². The van der Waals surface area contributed by atoms with Crippen molar-refractivity contribution in [1.82, 2.24) is 0 Å². The Morgan fingerprint density at radius 1 is 0.600 bits per heavy atom. The summed E-state index contributed by atoms with van der Waals surface area (Å²) in [7, 11) is 0. The molecule has 0 aliphatic rings. The fourth-order valence-electron chi connectivity index (χ4n) is 3.21. The van der Waals surface area contributed by atoms with Crippen molar-refractivity contribution in [1.29, 1.82) is 0 Å². The van der Waals surface area contributed by atoms with Crippen molar-refractivity contribution in [3.63, 3.8) is 0 Å². The SMILES string of the molecule is CCCCCCCCC(C(F)(F)C(F)(F)F)C(OCC)(OCC)C(F)(F)C(F)(F)F. The first-order chi connectivity index (χ1) is 13.6. The maximum atomic E-state index is 14.4. The molecule has 0 bridgehead atoms. The predicted molar refractivity (Wildman–Crippen MR) is 89.5 cm³/mol. The Bertz CT molecular complexity index is 482. The molecular formula is C18H28F10O2. The van der Waals surface area contributed by atoms with Crippen LogP contribution in [0.15, 0.2) is 0 Å². The van der Waals surface area contributed by atoms with Crippen LogP contribution in [0.5, 0.6) is 0 Å². The van der Waals surface area contributed by atoms with Gasteiger partial charge in [0.1, 0.15) is 0 Å². The maximum Gasteiger partial charge on any atom is 0.459 e. The summed E-state index contributed by atoms with van der Waals surface area (Å²) in [5.74, 6) is -20.2. The quantitative estimate of drug-likeness (QED) is 0.150. The van der Waals surface area contributed by atoms with Crippen LogP contribution >= 0.6 is 0 Å². The van der Waals surface area contributed by atoms with Crippen molar-refractivity contribution in [2.24, 2.45) is 5.92 Å². The van der Waals surface area contributed by atoms with Crippen LogP contribution < -0.4 is 0 Å². The molecule has 0 heterocycles. The molecule has 0 aromatic heterocycles. The Hall–Kier alpha value is -0.780. The van der Waals surface area contributed by atoms with Crippen LogP contribution in [0.2, 0.25) is 0 Å². The summed E-state index contributed by atoms with van der Waals surface area (Å²) < 4.78 is 145. The molecule has 30 heavy (non-hydrogen) atoms. The van der Waals surface area contributed by atoms with Crippen LogP contribution in [0.25, 0.3) is 0 Å². The van der Waals surface area contributed by atoms with E-state index in [1.54, 1.807) is 0 Å². The molecule has 2 nitrogen and oxygen atoms in total. The van der Waals surface area contributed by atoms with Gasteiger partial charge in [0, 0.05) is 13.2 Å². The van der Waals surface area contributed by atoms with E-state index in [1.807, 2.05) is 6.92 Å². The van der Waals surface area contributed by atoms with E-state index in [4.69, 9.17) is 0 Å². The van der Waals surface area contributed by atoms with Crippen LogP contribution in [-0.4, -0.2) is 43.2 Å². The minimum atomic E-state index is -6.49. The first kappa shape index (κ1) is 29.2. The van der Waals surface area contributed by atoms with E-state index in [1.165, 1.54) is 0 Å². The fourth-order valence-corrected chi connectivity index (χ4v) is 3.21. The molecule has 0 rings (SSSR count). The second-order valence-corrected chi connectivity index (χ2v) is 6.84. The number of ether oxygens (including phenoxy) is 2. The third kappa shape index (κ3) is 6.37. The molecule has 12 heteroatoms. The Morgan fingerprint density at radius 3 is 1.40 bits per heavy atom. The van der Waals surface area contributed by atoms with Gasteiger partial charge >= 0.3 is 24.2 Å². The van der Waals surface area contributed by atoms with Crippen LogP contribution in [0, 0.1) is 5.92 Å². The van der Waals surface area contributed by atoms with Gasteiger partial charge in [0.15, 0.2) is 0 Å². The smallest absolute Gasteiger partial charge is 0.344 e. The highest BCUT2D eigenvalue weighted by atomic mass is 19.4. The molecule has 0 fully saturated rings. The van der Waals surface area contributed by atoms with E-state index in [2.05, 4.69) is 9.47 Å². The van der Waals surface area contributed by atoms with Gasteiger partial charge in [-0.1, -0.05) is 45.4 Å². The zero-order valence-corrected chi connectivity index (χ0v) is 17.0. The van der Waals surface area contributed by atoms with Crippen molar-refractivity contribution >= 4 is 0 Å². The van der Waals surface area contributed by atoms with Crippen LogP contribution in [0.4, 0.5) is 43.9 Å². The second kappa shape index (κ2) is 11.2. The fraction of sp³-hybridized carbons (Fsp3) is 1.00. The Balaban J connectivity index is 6.33. The summed E-state index contributed by atoms with van der Waals surface area (Å²) >= 11 is 0. The third-order valence-corrected chi connectivity index (χ3v) is 4.63. The second-order valence-electron chi connectivity index (χ2n) is 6.84. The number of alkyl halides is 10. The maximum absolute atomic E-state index is 14.4. The Kier molecular flexibility index (Phi) is 10.9. The first-order valence-corrected chi connectivity index (χ1v) is 9.73. The lowest BCUT2D eigenvalue weighted by atomic mass is 9.81. The van der Waals surface area contributed by atoms with Gasteiger partial charge in [-0.05, 0) is 20.3 Å². The largest absolute Gasteiger partial charge is 0.459 e. The minimum absolute atomic E-state index is 0.0797. The van der Waals surface area contributed by atoms with E-state index in [0.29, 0.717) is 12.8 Å². The van der Waals surface area contributed by atoms with Gasteiger partial charge in [-0.2, -0.15) is 43.9 Å². The molecular weight excluding hydrogens is 438 g/mol. The van der Waals surface area contributed by atoms with Crippen LogP contribution in [0.1, 0.15) is 65.7 Å². The van der Waals surface area contributed by atoms with Crippen molar-refractivity contribution in [3.8, 4) is 0 Å². The molecule has 0 aliphatic heterocycles. The summed E-state index contributed by atoms with van der Waals surface area (Å²) in [4.78, 5) is 0. The summed E-state index contributed by atoms with van der Waals surface area (Å²) in [6, 6.07) is 0. The lowest BCUT2D eigenvalue weighted by Gasteiger charge is -2.47. The van der Waals surface area contributed by atoms with Crippen LogP contribution in [-0.2, 0) is 9.47 Å². The van der Waals surface area contributed by atoms with Crippen molar-refractivity contribution in [2.75, 3.05) is 13.2 Å². The van der Waals surface area contributed by atoms with Crippen molar-refractivity contribution in [2.45, 2.75) is 95.7 Å². The monoisotopic (exact) mass is 466 g/mol. The molecule has 0 aromatic carbocycles. The molecule has 0 N–H and O–H groups in total. The average molecular weight is 466 g/mol. The minimum Gasteiger partial charge on any atom is -0.344 e. The molecule has 0 spiro atoms. The molecule has 0 aromatic rings. The molecule has 0 aliphatic carbocycles. The third-order valence-electron chi connectivity index (χ3n) is 4.63. The molecule has 1 unspecified atom stereocenters. The van der Waals surface area contributed by atoms with Gasteiger partial charge in [-0.3, -0.25) is 0 Å². The highest BCUT2D eigenvalue weighted by Gasteiger charge is 2.80. The molecule has 1 atom stereocenters. The summed E-state index contributed by atoms with van der Waals surface area (Å²) in [5, 5.41) is 0. The summed E-state index contributed by atoms with van der Waals surface area (Å²) in [6.45, 7) is 1.65. The molecule has 0 radical (unpaired) electrons. The zero-order chi connectivity index (χ0) is 23.9. The van der Waals surface area contributed by atoms with Gasteiger partial charge in [0.25, 0.3) is 5.79 Å². The summed E-state index contributed by atoms with van der Waals surface area (Å²) in [6.07, 6.45) is -11.9. The van der Waals surface area contributed by atoms with E-state index < -0.39 is 62.0 Å². The summed E-state index contributed by atoms with van der Waals surface area (Å²) in [5.41, 5.74) is 0. The van der Waals surface area contributed by atoms with Crippen LogP contribution in [0.3, 0.4) is 0 Å². The normalized spacial score (nSPS) is 15.5. The number of hydrogen-bond acceptors (Lipinski definition) is 2. The topological polar surface area (TPSA) is 18.5 Å². The molecule has 0 saturated carbocycles. The average Bonchev–Trinajstić information content (AvgIpc) is 2.58. The van der Waals surface area contributed by atoms with E-state index in [9.17, 15) is 43.9 Å². The van der Waals surface area contributed by atoms with Gasteiger partial charge < -0.3 is 9.47 Å². The van der Waals surface area contributed by atoms with Crippen molar-refractivity contribution < 1.29 is 53.4 Å². The van der Waals surface area contributed by atoms with Crippen molar-refractivity contribution in [3.05, 3.63) is 0 Å². The number of halogens is 10. The number of unbranched alkanes of at least 4 members (excludes halogenated alkanes) is 5.